The molecule has 0 atom stereocenters. The van der Waals surface area contributed by atoms with Gasteiger partial charge in [0, 0.05) is 37.9 Å². The number of nitrogens with zero attached hydrogens (tertiary/aromatic N) is 2. The maximum Gasteiger partial charge on any atom is 0.258 e. The number of amides is 1. The highest BCUT2D eigenvalue weighted by atomic mass is 16.5. The van der Waals surface area contributed by atoms with E-state index in [0.717, 1.165) is 26.2 Å². The summed E-state index contributed by atoms with van der Waals surface area (Å²) in [7, 11) is 0. The molecule has 3 aromatic rings. The second kappa shape index (κ2) is 9.99. The zero-order valence-electron chi connectivity index (χ0n) is 17.2. The number of carbonyl (C=O) groups is 1. The molecule has 1 aliphatic heterocycles. The molecule has 0 bridgehead atoms. The van der Waals surface area contributed by atoms with Crippen LogP contribution < -0.4 is 20.4 Å². The predicted octanol–water partition coefficient (Wildman–Crippen LogP) is 2.25. The number of anilines is 1. The standard InChI is InChI=1S/C23H25N3O5/c27-21-13-20(15-25-8-10-26(11-9-25)18-5-2-1-3-6-18)30-16-22(21)31-17-23(28)24-14-19-7-4-12-29-19/h1-7,12-13,16H,8-11,14-15,17H2,(H,24,28). The number of ether oxygens (including phenoxy) is 1. The van der Waals surface area contributed by atoms with Gasteiger partial charge in [-0.05, 0) is 24.3 Å². The summed E-state index contributed by atoms with van der Waals surface area (Å²) in [6, 6.07) is 15.3. The molecule has 1 aliphatic rings. The second-order valence-electron chi connectivity index (χ2n) is 7.32. The Hall–Kier alpha value is -3.52. The lowest BCUT2D eigenvalue weighted by Gasteiger charge is -2.35. The molecule has 2 aromatic heterocycles. The van der Waals surface area contributed by atoms with Crippen molar-refractivity contribution in [2.24, 2.45) is 0 Å². The fraction of sp³-hybridized carbons (Fsp3) is 0.304. The SMILES string of the molecule is O=C(COc1coc(CN2CCN(c3ccccc3)CC2)cc1=O)NCc1ccco1. The van der Waals surface area contributed by atoms with E-state index < -0.39 is 0 Å². The van der Waals surface area contributed by atoms with Crippen LogP contribution in [0.15, 0.2) is 74.7 Å². The first-order chi connectivity index (χ1) is 15.2. The lowest BCUT2D eigenvalue weighted by Crippen LogP contribution is -2.46. The molecule has 8 nitrogen and oxygen atoms in total. The molecule has 4 rings (SSSR count). The maximum atomic E-state index is 12.3. The van der Waals surface area contributed by atoms with Gasteiger partial charge in [0.15, 0.2) is 6.61 Å². The summed E-state index contributed by atoms with van der Waals surface area (Å²) < 4.78 is 16.0. The molecule has 0 unspecified atom stereocenters. The van der Waals surface area contributed by atoms with Gasteiger partial charge in [0.25, 0.3) is 5.91 Å². The molecular weight excluding hydrogens is 398 g/mol. The van der Waals surface area contributed by atoms with Crippen molar-refractivity contribution in [2.75, 3.05) is 37.7 Å². The van der Waals surface area contributed by atoms with Crippen LogP contribution in [0.5, 0.6) is 5.75 Å². The van der Waals surface area contributed by atoms with Crippen molar-refractivity contribution in [3.8, 4) is 5.75 Å². The molecule has 1 fully saturated rings. The van der Waals surface area contributed by atoms with Crippen molar-refractivity contribution in [1.82, 2.24) is 10.2 Å². The minimum Gasteiger partial charge on any atom is -0.477 e. The van der Waals surface area contributed by atoms with E-state index in [1.807, 2.05) is 18.2 Å². The van der Waals surface area contributed by atoms with Gasteiger partial charge >= 0.3 is 0 Å². The van der Waals surface area contributed by atoms with Gasteiger partial charge in [-0.2, -0.15) is 0 Å². The van der Waals surface area contributed by atoms with E-state index in [0.29, 0.717) is 18.1 Å². The third-order valence-corrected chi connectivity index (χ3v) is 5.12. The highest BCUT2D eigenvalue weighted by molar-refractivity contribution is 5.77. The van der Waals surface area contributed by atoms with Crippen LogP contribution in [0.2, 0.25) is 0 Å². The lowest BCUT2D eigenvalue weighted by molar-refractivity contribution is -0.123. The summed E-state index contributed by atoms with van der Waals surface area (Å²) in [6.45, 7) is 4.15. The highest BCUT2D eigenvalue weighted by Gasteiger charge is 2.18. The minimum absolute atomic E-state index is 0.0193. The van der Waals surface area contributed by atoms with Gasteiger partial charge in [0.1, 0.15) is 17.8 Å². The number of hydrogen-bond acceptors (Lipinski definition) is 7. The van der Waals surface area contributed by atoms with E-state index >= 15 is 0 Å². The highest BCUT2D eigenvalue weighted by Crippen LogP contribution is 2.17. The van der Waals surface area contributed by atoms with Crippen LogP contribution in [0.25, 0.3) is 0 Å². The lowest BCUT2D eigenvalue weighted by atomic mass is 10.2. The second-order valence-corrected chi connectivity index (χ2v) is 7.32. The number of hydrogen-bond donors (Lipinski definition) is 1. The average molecular weight is 423 g/mol. The van der Waals surface area contributed by atoms with E-state index in [-0.39, 0.29) is 30.2 Å². The van der Waals surface area contributed by atoms with Gasteiger partial charge in [0.2, 0.25) is 11.2 Å². The third-order valence-electron chi connectivity index (χ3n) is 5.12. The van der Waals surface area contributed by atoms with Crippen molar-refractivity contribution in [1.29, 1.82) is 0 Å². The van der Waals surface area contributed by atoms with Gasteiger partial charge < -0.3 is 23.8 Å². The zero-order valence-corrected chi connectivity index (χ0v) is 17.2. The summed E-state index contributed by atoms with van der Waals surface area (Å²) in [5.41, 5.74) is 0.923. The van der Waals surface area contributed by atoms with Crippen LogP contribution in [0, 0.1) is 0 Å². The largest absolute Gasteiger partial charge is 0.477 e. The molecule has 0 radical (unpaired) electrons. The Kier molecular flexibility index (Phi) is 6.68. The molecule has 1 aromatic carbocycles. The molecule has 1 saturated heterocycles. The fourth-order valence-corrected chi connectivity index (χ4v) is 3.44. The number of rotatable bonds is 8. The van der Waals surface area contributed by atoms with E-state index in [1.54, 1.807) is 12.1 Å². The van der Waals surface area contributed by atoms with E-state index in [4.69, 9.17) is 13.6 Å². The Morgan fingerprint density at radius 1 is 1.00 bits per heavy atom. The monoisotopic (exact) mass is 423 g/mol. The van der Waals surface area contributed by atoms with Crippen LogP contribution >= 0.6 is 0 Å². The minimum atomic E-state index is -0.351. The summed E-state index contributed by atoms with van der Waals surface area (Å²) >= 11 is 0. The van der Waals surface area contributed by atoms with Crippen LogP contribution in [0.4, 0.5) is 5.69 Å². The van der Waals surface area contributed by atoms with Crippen molar-refractivity contribution in [2.45, 2.75) is 13.1 Å². The first kappa shape index (κ1) is 20.7. The Balaban J connectivity index is 1.23. The normalized spacial score (nSPS) is 14.4. The molecule has 1 amide bonds. The topological polar surface area (TPSA) is 88.2 Å². The maximum absolute atomic E-state index is 12.3. The van der Waals surface area contributed by atoms with Crippen molar-refractivity contribution in [3.63, 3.8) is 0 Å². The van der Waals surface area contributed by atoms with E-state index in [2.05, 4.69) is 27.2 Å². The van der Waals surface area contributed by atoms with Crippen LogP contribution in [-0.4, -0.2) is 43.6 Å². The van der Waals surface area contributed by atoms with Crippen LogP contribution in [0.3, 0.4) is 0 Å². The molecule has 31 heavy (non-hydrogen) atoms. The third kappa shape index (κ3) is 5.76. The number of nitrogens with one attached hydrogen (secondary N) is 1. The van der Waals surface area contributed by atoms with Gasteiger partial charge in [-0.1, -0.05) is 18.2 Å². The number of furan rings is 1. The Labute approximate surface area is 180 Å². The summed E-state index contributed by atoms with van der Waals surface area (Å²) in [5.74, 6) is 0.886. The van der Waals surface area contributed by atoms with E-state index in [1.165, 1.54) is 24.3 Å². The fourth-order valence-electron chi connectivity index (χ4n) is 3.44. The molecule has 1 N–H and O–H groups in total. The zero-order chi connectivity index (χ0) is 21.5. The summed E-state index contributed by atoms with van der Waals surface area (Å²) in [4.78, 5) is 28.8. The Morgan fingerprint density at radius 2 is 1.81 bits per heavy atom. The molecule has 0 saturated carbocycles. The first-order valence-corrected chi connectivity index (χ1v) is 10.2. The number of para-hydroxylation sites is 1. The van der Waals surface area contributed by atoms with Crippen molar-refractivity contribution in [3.05, 3.63) is 82.8 Å². The van der Waals surface area contributed by atoms with Gasteiger partial charge in [-0.3, -0.25) is 14.5 Å². The summed E-state index contributed by atoms with van der Waals surface area (Å²) in [6.07, 6.45) is 2.81. The van der Waals surface area contributed by atoms with Gasteiger partial charge in [0.05, 0.1) is 19.4 Å². The van der Waals surface area contributed by atoms with Crippen LogP contribution in [0.1, 0.15) is 11.5 Å². The summed E-state index contributed by atoms with van der Waals surface area (Å²) in [5, 5.41) is 2.65. The molecule has 8 heteroatoms. The Morgan fingerprint density at radius 3 is 2.52 bits per heavy atom. The number of benzene rings is 1. The molecule has 3 heterocycles. The average Bonchev–Trinajstić information content (AvgIpc) is 3.32. The molecule has 0 spiro atoms. The number of carbonyl (C=O) groups excluding carboxylic acids is 1. The molecular formula is C23H25N3O5. The quantitative estimate of drug-likeness (QED) is 0.595. The van der Waals surface area contributed by atoms with Crippen molar-refractivity contribution >= 4 is 11.6 Å². The molecule has 162 valence electrons. The van der Waals surface area contributed by atoms with Crippen LogP contribution in [-0.2, 0) is 17.9 Å². The number of piperazine rings is 1. The van der Waals surface area contributed by atoms with Crippen molar-refractivity contribution < 1.29 is 18.4 Å². The van der Waals surface area contributed by atoms with E-state index in [9.17, 15) is 9.59 Å². The smallest absolute Gasteiger partial charge is 0.258 e. The first-order valence-electron chi connectivity index (χ1n) is 10.2. The predicted molar refractivity (Wildman–Crippen MR) is 115 cm³/mol. The van der Waals surface area contributed by atoms with Gasteiger partial charge in [-0.25, -0.2) is 0 Å². The van der Waals surface area contributed by atoms with Gasteiger partial charge in [-0.15, -0.1) is 0 Å². The molecule has 0 aliphatic carbocycles. The Bertz CT molecular complexity index is 1020.